The number of pyridine rings is 1. The van der Waals surface area contributed by atoms with Gasteiger partial charge in [-0.15, -0.1) is 0 Å². The number of hydrogen-bond acceptors (Lipinski definition) is 1. The lowest BCUT2D eigenvalue weighted by atomic mass is 10.1. The quantitative estimate of drug-likeness (QED) is 0.705. The van der Waals surface area contributed by atoms with Gasteiger partial charge in [-0.2, -0.15) is 0 Å². The highest BCUT2D eigenvalue weighted by atomic mass is 15.1. The van der Waals surface area contributed by atoms with E-state index in [9.17, 15) is 0 Å². The summed E-state index contributed by atoms with van der Waals surface area (Å²) < 4.78 is 2.12. The Morgan fingerprint density at radius 3 is 2.63 bits per heavy atom. The fraction of sp³-hybridized carbons (Fsp3) is 0.118. The lowest BCUT2D eigenvalue weighted by Crippen LogP contribution is -2.31. The van der Waals surface area contributed by atoms with Crippen LogP contribution in [0.2, 0.25) is 0 Å². The number of benzene rings is 1. The van der Waals surface area contributed by atoms with Gasteiger partial charge >= 0.3 is 0 Å². The molecule has 0 atom stereocenters. The molecule has 0 saturated carbocycles. The summed E-state index contributed by atoms with van der Waals surface area (Å²) >= 11 is 0. The lowest BCUT2D eigenvalue weighted by molar-refractivity contribution is -0.673. The number of aryl methyl sites for hydroxylation is 1. The fourth-order valence-corrected chi connectivity index (χ4v) is 2.34. The first-order valence-electron chi connectivity index (χ1n) is 6.43. The number of rotatable bonds is 1. The predicted octanol–water partition coefficient (Wildman–Crippen LogP) is 3.02. The summed E-state index contributed by atoms with van der Waals surface area (Å²) in [6, 6.07) is 14.7. The van der Waals surface area contributed by atoms with Crippen LogP contribution in [0, 0.1) is 0 Å². The zero-order chi connectivity index (χ0) is 13.2. The molecule has 2 heteroatoms. The summed E-state index contributed by atoms with van der Waals surface area (Å²) in [6.45, 7) is 0. The SMILES string of the molecule is CN1/C(=C/c2cccc[n+]2C)C=Cc2ccccc21. The molecular formula is C17H17N2+. The number of hydrogen-bond donors (Lipinski definition) is 0. The second-order valence-electron chi connectivity index (χ2n) is 4.76. The zero-order valence-electron chi connectivity index (χ0n) is 11.2. The number of likely N-dealkylation sites (N-methyl/N-ethyl adjacent to an activating group) is 1. The van der Waals surface area contributed by atoms with Crippen LogP contribution in [-0.4, -0.2) is 7.05 Å². The summed E-state index contributed by atoms with van der Waals surface area (Å²) in [5, 5.41) is 0. The molecule has 0 amide bonds. The number of nitrogens with zero attached hydrogens (tertiary/aromatic N) is 2. The number of allylic oxidation sites excluding steroid dienone is 1. The molecule has 1 aromatic heterocycles. The van der Waals surface area contributed by atoms with Crippen molar-refractivity contribution in [3.05, 3.63) is 71.7 Å². The van der Waals surface area contributed by atoms with Crippen LogP contribution in [0.4, 0.5) is 5.69 Å². The van der Waals surface area contributed by atoms with Crippen LogP contribution >= 0.6 is 0 Å². The standard InChI is InChI=1S/C17H17N2/c1-18-12-6-5-8-15(18)13-16-11-10-14-7-3-4-9-17(14)19(16)2/h3-13H,1-2H3/q+1. The monoisotopic (exact) mass is 249 g/mol. The fourth-order valence-electron chi connectivity index (χ4n) is 2.34. The normalized spacial score (nSPS) is 15.7. The Labute approximate surface area is 113 Å². The summed E-state index contributed by atoms with van der Waals surface area (Å²) in [4.78, 5) is 2.22. The molecular weight excluding hydrogens is 232 g/mol. The third kappa shape index (κ3) is 2.17. The number of para-hydroxylation sites is 1. The molecule has 19 heavy (non-hydrogen) atoms. The van der Waals surface area contributed by atoms with Crippen molar-refractivity contribution in [1.82, 2.24) is 0 Å². The van der Waals surface area contributed by atoms with Crippen LogP contribution in [0.1, 0.15) is 11.3 Å². The Kier molecular flexibility index (Phi) is 2.92. The van der Waals surface area contributed by atoms with Gasteiger partial charge in [-0.1, -0.05) is 24.3 Å². The maximum atomic E-state index is 2.22. The molecule has 0 bridgehead atoms. The Morgan fingerprint density at radius 1 is 1.00 bits per heavy atom. The Morgan fingerprint density at radius 2 is 1.79 bits per heavy atom. The summed E-state index contributed by atoms with van der Waals surface area (Å²) in [5.74, 6) is 0. The van der Waals surface area contributed by atoms with E-state index in [1.165, 1.54) is 22.6 Å². The first-order chi connectivity index (χ1) is 9.25. The molecule has 2 heterocycles. The van der Waals surface area contributed by atoms with Crippen molar-refractivity contribution in [3.8, 4) is 0 Å². The molecule has 1 aliphatic heterocycles. The smallest absolute Gasteiger partial charge is 0.207 e. The van der Waals surface area contributed by atoms with Crippen LogP contribution in [0.3, 0.4) is 0 Å². The Hall–Kier alpha value is -2.35. The topological polar surface area (TPSA) is 7.12 Å². The minimum Gasteiger partial charge on any atom is -0.344 e. The van der Waals surface area contributed by atoms with Crippen molar-refractivity contribution in [2.45, 2.75) is 0 Å². The van der Waals surface area contributed by atoms with E-state index in [0.717, 1.165) is 0 Å². The summed E-state index contributed by atoms with van der Waals surface area (Å²) in [7, 11) is 4.17. The highest BCUT2D eigenvalue weighted by Crippen LogP contribution is 2.29. The minimum atomic E-state index is 1.19. The van der Waals surface area contributed by atoms with E-state index in [4.69, 9.17) is 0 Å². The highest BCUT2D eigenvalue weighted by Gasteiger charge is 2.14. The third-order valence-corrected chi connectivity index (χ3v) is 3.51. The second kappa shape index (κ2) is 4.73. The van der Waals surface area contributed by atoms with E-state index in [1.807, 2.05) is 6.07 Å². The zero-order valence-corrected chi connectivity index (χ0v) is 11.2. The molecule has 1 aromatic carbocycles. The third-order valence-electron chi connectivity index (χ3n) is 3.51. The molecule has 0 spiro atoms. The molecule has 94 valence electrons. The van der Waals surface area contributed by atoms with Gasteiger partial charge in [0.05, 0.1) is 0 Å². The average Bonchev–Trinajstić information content (AvgIpc) is 2.44. The Bertz CT molecular complexity index is 668. The van der Waals surface area contributed by atoms with Crippen molar-refractivity contribution >= 4 is 17.8 Å². The highest BCUT2D eigenvalue weighted by molar-refractivity contribution is 5.78. The molecule has 0 aliphatic carbocycles. The molecule has 2 nitrogen and oxygen atoms in total. The van der Waals surface area contributed by atoms with Crippen LogP contribution in [0.5, 0.6) is 0 Å². The van der Waals surface area contributed by atoms with E-state index in [2.05, 4.69) is 84.4 Å². The largest absolute Gasteiger partial charge is 0.344 e. The van der Waals surface area contributed by atoms with Gasteiger partial charge in [-0.3, -0.25) is 0 Å². The molecule has 0 saturated heterocycles. The first kappa shape index (κ1) is 11.7. The van der Waals surface area contributed by atoms with Crippen molar-refractivity contribution < 1.29 is 4.57 Å². The van der Waals surface area contributed by atoms with Crippen LogP contribution in [-0.2, 0) is 7.05 Å². The van der Waals surface area contributed by atoms with Gasteiger partial charge in [0.15, 0.2) is 6.20 Å². The van der Waals surface area contributed by atoms with Gasteiger partial charge in [-0.05, 0) is 23.8 Å². The number of aromatic nitrogens is 1. The van der Waals surface area contributed by atoms with Crippen molar-refractivity contribution in [3.63, 3.8) is 0 Å². The van der Waals surface area contributed by atoms with Gasteiger partial charge < -0.3 is 4.90 Å². The maximum Gasteiger partial charge on any atom is 0.207 e. The minimum absolute atomic E-state index is 1.19. The van der Waals surface area contributed by atoms with Gasteiger partial charge in [0.1, 0.15) is 7.05 Å². The van der Waals surface area contributed by atoms with E-state index in [0.29, 0.717) is 0 Å². The van der Waals surface area contributed by atoms with Crippen LogP contribution in [0.25, 0.3) is 12.2 Å². The molecule has 0 fully saturated rings. The van der Waals surface area contributed by atoms with Crippen molar-refractivity contribution in [1.29, 1.82) is 0 Å². The van der Waals surface area contributed by atoms with Gasteiger partial charge in [-0.25, -0.2) is 4.57 Å². The number of fused-ring (bicyclic) bond motifs is 1. The molecule has 2 aromatic rings. The summed E-state index contributed by atoms with van der Waals surface area (Å²) in [6.07, 6.45) is 8.60. The molecule has 0 unspecified atom stereocenters. The molecule has 0 N–H and O–H groups in total. The van der Waals surface area contributed by atoms with Gasteiger partial charge in [0.2, 0.25) is 5.69 Å². The lowest BCUT2D eigenvalue weighted by Gasteiger charge is -2.25. The van der Waals surface area contributed by atoms with E-state index < -0.39 is 0 Å². The van der Waals surface area contributed by atoms with Gasteiger partial charge in [0, 0.05) is 36.6 Å². The van der Waals surface area contributed by atoms with Crippen LogP contribution < -0.4 is 9.47 Å². The van der Waals surface area contributed by atoms with Crippen molar-refractivity contribution in [2.75, 3.05) is 11.9 Å². The van der Waals surface area contributed by atoms with Crippen molar-refractivity contribution in [2.24, 2.45) is 7.05 Å². The second-order valence-corrected chi connectivity index (χ2v) is 4.76. The summed E-state index contributed by atoms with van der Waals surface area (Å²) in [5.41, 5.74) is 4.89. The van der Waals surface area contributed by atoms with Crippen LogP contribution in [0.15, 0.2) is 60.4 Å². The maximum absolute atomic E-state index is 2.22. The first-order valence-corrected chi connectivity index (χ1v) is 6.43. The predicted molar refractivity (Wildman–Crippen MR) is 79.5 cm³/mol. The molecule has 3 rings (SSSR count). The van der Waals surface area contributed by atoms with E-state index in [1.54, 1.807) is 0 Å². The molecule has 1 aliphatic rings. The number of anilines is 1. The van der Waals surface area contributed by atoms with Gasteiger partial charge in [0.25, 0.3) is 0 Å². The van der Waals surface area contributed by atoms with E-state index in [-0.39, 0.29) is 0 Å². The van der Waals surface area contributed by atoms with E-state index >= 15 is 0 Å². The molecule has 0 radical (unpaired) electrons. The Balaban J connectivity index is 2.03. The average molecular weight is 249 g/mol.